The Morgan fingerprint density at radius 3 is 2.67 bits per heavy atom. The van der Waals surface area contributed by atoms with E-state index in [0.717, 1.165) is 0 Å². The van der Waals surface area contributed by atoms with Gasteiger partial charge in [0.2, 0.25) is 0 Å². The van der Waals surface area contributed by atoms with Gasteiger partial charge >= 0.3 is 0 Å². The third-order valence-electron chi connectivity index (χ3n) is 2.26. The zero-order chi connectivity index (χ0) is 8.72. The van der Waals surface area contributed by atoms with Gasteiger partial charge in [-0.3, -0.25) is 0 Å². The SMILES string of the molecule is CO[C@H]1O[C@H](CO)[C@H]2O[C@H]2[C@@H]1O. The molecule has 5 nitrogen and oxygen atoms in total. The van der Waals surface area contributed by atoms with Gasteiger partial charge in [-0.1, -0.05) is 0 Å². The van der Waals surface area contributed by atoms with Crippen LogP contribution in [0.1, 0.15) is 0 Å². The van der Waals surface area contributed by atoms with E-state index in [0.29, 0.717) is 0 Å². The standard InChI is InChI=1S/C7H12O5/c1-10-7-4(9)6-5(12-6)3(2-8)11-7/h3-9H,2H2,1H3/t3-,4+,5-,6+,7+/m1/s1. The van der Waals surface area contributed by atoms with Gasteiger partial charge in [-0.25, -0.2) is 0 Å². The number of rotatable bonds is 2. The van der Waals surface area contributed by atoms with Crippen molar-refractivity contribution in [1.29, 1.82) is 0 Å². The van der Waals surface area contributed by atoms with Gasteiger partial charge in [0.1, 0.15) is 24.4 Å². The molecule has 2 fully saturated rings. The quantitative estimate of drug-likeness (QED) is 0.500. The minimum atomic E-state index is -0.734. The first-order valence-corrected chi connectivity index (χ1v) is 3.90. The van der Waals surface area contributed by atoms with E-state index in [9.17, 15) is 5.11 Å². The lowest BCUT2D eigenvalue weighted by molar-refractivity contribution is -0.223. The van der Waals surface area contributed by atoms with Gasteiger partial charge in [0, 0.05) is 7.11 Å². The van der Waals surface area contributed by atoms with Crippen molar-refractivity contribution in [2.24, 2.45) is 0 Å². The molecule has 0 spiro atoms. The number of aliphatic hydroxyl groups is 2. The molecule has 0 bridgehead atoms. The molecule has 5 atom stereocenters. The fraction of sp³-hybridized carbons (Fsp3) is 1.00. The molecule has 70 valence electrons. The molecule has 5 heteroatoms. The minimum absolute atomic E-state index is 0.103. The molecule has 0 unspecified atom stereocenters. The van der Waals surface area contributed by atoms with Crippen LogP contribution in [0.15, 0.2) is 0 Å². The van der Waals surface area contributed by atoms with Gasteiger partial charge < -0.3 is 24.4 Å². The maximum Gasteiger partial charge on any atom is 0.186 e. The minimum Gasteiger partial charge on any atom is -0.394 e. The van der Waals surface area contributed by atoms with E-state index in [2.05, 4.69) is 0 Å². The van der Waals surface area contributed by atoms with E-state index in [1.807, 2.05) is 0 Å². The Morgan fingerprint density at radius 1 is 1.33 bits per heavy atom. The molecule has 0 saturated carbocycles. The van der Waals surface area contributed by atoms with Crippen LogP contribution in [0.25, 0.3) is 0 Å². The third-order valence-corrected chi connectivity index (χ3v) is 2.26. The summed E-state index contributed by atoms with van der Waals surface area (Å²) in [5.41, 5.74) is 0. The molecule has 0 radical (unpaired) electrons. The number of fused-ring (bicyclic) bond motifs is 1. The highest BCUT2D eigenvalue weighted by Crippen LogP contribution is 2.37. The van der Waals surface area contributed by atoms with E-state index in [1.165, 1.54) is 7.11 Å². The molecular weight excluding hydrogens is 164 g/mol. The summed E-state index contributed by atoms with van der Waals surface area (Å²) >= 11 is 0. The highest BCUT2D eigenvalue weighted by molar-refractivity contribution is 5.01. The van der Waals surface area contributed by atoms with Gasteiger partial charge in [0.15, 0.2) is 6.29 Å². The topological polar surface area (TPSA) is 71.5 Å². The van der Waals surface area contributed by atoms with Gasteiger partial charge in [-0.05, 0) is 0 Å². The van der Waals surface area contributed by atoms with Crippen LogP contribution in [-0.4, -0.2) is 54.6 Å². The largest absolute Gasteiger partial charge is 0.394 e. The first kappa shape index (κ1) is 8.40. The summed E-state index contributed by atoms with van der Waals surface area (Å²) in [5.74, 6) is 0. The molecule has 0 aromatic rings. The number of epoxide rings is 1. The first-order chi connectivity index (χ1) is 5.77. The number of hydrogen-bond donors (Lipinski definition) is 2. The maximum absolute atomic E-state index is 9.44. The highest BCUT2D eigenvalue weighted by Gasteiger charge is 2.57. The van der Waals surface area contributed by atoms with Crippen LogP contribution in [0.5, 0.6) is 0 Å². The molecule has 0 aliphatic carbocycles. The van der Waals surface area contributed by atoms with Crippen molar-refractivity contribution in [2.45, 2.75) is 30.7 Å². The molecular formula is C7H12O5. The van der Waals surface area contributed by atoms with Crippen LogP contribution in [0.3, 0.4) is 0 Å². The van der Waals surface area contributed by atoms with Crippen LogP contribution in [0.4, 0.5) is 0 Å². The summed E-state index contributed by atoms with van der Waals surface area (Å²) in [7, 11) is 1.45. The predicted molar refractivity (Wildman–Crippen MR) is 37.4 cm³/mol. The molecule has 0 aromatic carbocycles. The Labute approximate surface area is 69.8 Å². The van der Waals surface area contributed by atoms with Crippen molar-refractivity contribution in [3.8, 4) is 0 Å². The number of hydrogen-bond acceptors (Lipinski definition) is 5. The lowest BCUT2D eigenvalue weighted by atomic mass is 10.1. The van der Waals surface area contributed by atoms with Gasteiger partial charge in [-0.2, -0.15) is 0 Å². The van der Waals surface area contributed by atoms with E-state index in [-0.39, 0.29) is 24.9 Å². The Balaban J connectivity index is 2.01. The summed E-state index contributed by atoms with van der Waals surface area (Å²) in [6.07, 6.45) is -2.14. The van der Waals surface area contributed by atoms with Crippen LogP contribution in [-0.2, 0) is 14.2 Å². The maximum atomic E-state index is 9.44. The monoisotopic (exact) mass is 176 g/mol. The van der Waals surface area contributed by atoms with Crippen molar-refractivity contribution in [3.63, 3.8) is 0 Å². The fourth-order valence-electron chi connectivity index (χ4n) is 1.54. The van der Waals surface area contributed by atoms with E-state index >= 15 is 0 Å². The molecule has 12 heavy (non-hydrogen) atoms. The Kier molecular flexibility index (Phi) is 2.05. The van der Waals surface area contributed by atoms with Crippen LogP contribution in [0, 0.1) is 0 Å². The second-order valence-corrected chi connectivity index (χ2v) is 3.02. The zero-order valence-corrected chi connectivity index (χ0v) is 6.71. The predicted octanol–water partition coefficient (Wildman–Crippen LogP) is -1.52. The Bertz CT molecular complexity index is 173. The van der Waals surface area contributed by atoms with Gasteiger partial charge in [-0.15, -0.1) is 0 Å². The van der Waals surface area contributed by atoms with E-state index in [4.69, 9.17) is 19.3 Å². The molecule has 2 aliphatic heterocycles. The molecule has 2 aliphatic rings. The average Bonchev–Trinajstić information content (AvgIpc) is 2.85. The number of methoxy groups -OCH3 is 1. The third kappa shape index (κ3) is 1.14. The van der Waals surface area contributed by atoms with Crippen LogP contribution < -0.4 is 0 Å². The van der Waals surface area contributed by atoms with Crippen molar-refractivity contribution in [2.75, 3.05) is 13.7 Å². The van der Waals surface area contributed by atoms with Crippen molar-refractivity contribution < 1.29 is 24.4 Å². The van der Waals surface area contributed by atoms with Crippen molar-refractivity contribution in [1.82, 2.24) is 0 Å². The molecule has 2 saturated heterocycles. The lowest BCUT2D eigenvalue weighted by Crippen LogP contribution is -2.47. The Morgan fingerprint density at radius 2 is 2.08 bits per heavy atom. The second-order valence-electron chi connectivity index (χ2n) is 3.02. The molecule has 2 N–H and O–H groups in total. The lowest BCUT2D eigenvalue weighted by Gasteiger charge is -2.28. The summed E-state index contributed by atoms with van der Waals surface area (Å²) in [4.78, 5) is 0. The summed E-state index contributed by atoms with van der Waals surface area (Å²) < 4.78 is 15.2. The average molecular weight is 176 g/mol. The van der Waals surface area contributed by atoms with Crippen LogP contribution in [0.2, 0.25) is 0 Å². The molecule has 0 amide bonds. The zero-order valence-electron chi connectivity index (χ0n) is 6.71. The normalized spacial score (nSPS) is 51.8. The number of ether oxygens (including phenoxy) is 3. The molecule has 2 heterocycles. The van der Waals surface area contributed by atoms with E-state index < -0.39 is 12.4 Å². The molecule has 2 rings (SSSR count). The van der Waals surface area contributed by atoms with Gasteiger partial charge in [0.05, 0.1) is 6.61 Å². The summed E-state index contributed by atoms with van der Waals surface area (Å²) in [6.45, 7) is -0.103. The summed E-state index contributed by atoms with van der Waals surface area (Å²) in [6, 6.07) is 0. The van der Waals surface area contributed by atoms with Crippen molar-refractivity contribution >= 4 is 0 Å². The fourth-order valence-corrected chi connectivity index (χ4v) is 1.54. The van der Waals surface area contributed by atoms with E-state index in [1.54, 1.807) is 0 Å². The highest BCUT2D eigenvalue weighted by atomic mass is 16.7. The first-order valence-electron chi connectivity index (χ1n) is 3.90. The number of aliphatic hydroxyl groups excluding tert-OH is 2. The summed E-state index contributed by atoms with van der Waals surface area (Å²) in [5, 5.41) is 18.3. The van der Waals surface area contributed by atoms with Crippen molar-refractivity contribution in [3.05, 3.63) is 0 Å². The smallest absolute Gasteiger partial charge is 0.186 e. The molecule has 0 aromatic heterocycles. The van der Waals surface area contributed by atoms with Gasteiger partial charge in [0.25, 0.3) is 0 Å². The van der Waals surface area contributed by atoms with Crippen LogP contribution >= 0.6 is 0 Å². The second kappa shape index (κ2) is 2.93. The Hall–Kier alpha value is -0.200.